The molecule has 1 nitrogen and oxygen atoms in total. The van der Waals surface area contributed by atoms with Crippen LogP contribution in [0.3, 0.4) is 0 Å². The van der Waals surface area contributed by atoms with Crippen LogP contribution in [0.25, 0.3) is 33.0 Å². The Balaban J connectivity index is 1.56. The summed E-state index contributed by atoms with van der Waals surface area (Å²) in [5.41, 5.74) is 1.36. The van der Waals surface area contributed by atoms with Gasteiger partial charge in [0, 0.05) is 0 Å². The number of hydrogen-bond donors (Lipinski definition) is 0. The van der Waals surface area contributed by atoms with Crippen molar-refractivity contribution in [3.63, 3.8) is 0 Å². The van der Waals surface area contributed by atoms with Crippen LogP contribution in [0.2, 0.25) is 0 Å². The van der Waals surface area contributed by atoms with E-state index in [1.807, 2.05) is 18.2 Å². The fourth-order valence-corrected chi connectivity index (χ4v) is 4.44. The van der Waals surface area contributed by atoms with Gasteiger partial charge in [0.05, 0.1) is 5.56 Å². The summed E-state index contributed by atoms with van der Waals surface area (Å²) in [4.78, 5) is 0. The fraction of sp³-hybridized carbons (Fsp3) is 0.267. The fourth-order valence-electron chi connectivity index (χ4n) is 4.44. The second-order valence-electron chi connectivity index (χ2n) is 9.07. The largest absolute Gasteiger partial charge is 0.573 e. The number of ether oxygens (including phenoxy) is 1. The Morgan fingerprint density at radius 2 is 1.24 bits per heavy atom. The summed E-state index contributed by atoms with van der Waals surface area (Å²) in [5.74, 6) is -4.38. The zero-order chi connectivity index (χ0) is 26.6. The van der Waals surface area contributed by atoms with Gasteiger partial charge >= 0.3 is 6.36 Å². The van der Waals surface area contributed by atoms with Crippen LogP contribution in [-0.4, -0.2) is 6.36 Å². The van der Waals surface area contributed by atoms with E-state index in [4.69, 9.17) is 0 Å². The SMILES string of the molecule is CCCCCCCc1ccc2cc(-c3cc(F)c(-c4ccc(OC(F)(F)F)c(F)c4)c(F)c3)ccc2c1. The molecule has 0 aromatic heterocycles. The van der Waals surface area contributed by atoms with E-state index < -0.39 is 35.1 Å². The van der Waals surface area contributed by atoms with Crippen molar-refractivity contribution in [2.45, 2.75) is 51.8 Å². The molecular formula is C30H26F6O. The van der Waals surface area contributed by atoms with Crippen LogP contribution in [0, 0.1) is 17.5 Å². The third-order valence-corrected chi connectivity index (χ3v) is 6.30. The average Bonchev–Trinajstić information content (AvgIpc) is 2.84. The molecule has 0 N–H and O–H groups in total. The first kappa shape index (κ1) is 26.6. The molecule has 0 atom stereocenters. The van der Waals surface area contributed by atoms with Gasteiger partial charge in [0.15, 0.2) is 11.6 Å². The maximum absolute atomic E-state index is 15.0. The minimum atomic E-state index is -5.09. The molecule has 0 aliphatic heterocycles. The second kappa shape index (κ2) is 11.3. The van der Waals surface area contributed by atoms with Crippen LogP contribution < -0.4 is 4.74 Å². The van der Waals surface area contributed by atoms with E-state index in [9.17, 15) is 26.3 Å². The molecule has 4 rings (SSSR count). The van der Waals surface area contributed by atoms with Crippen molar-refractivity contribution in [1.29, 1.82) is 0 Å². The average molecular weight is 517 g/mol. The first-order valence-electron chi connectivity index (χ1n) is 12.2. The number of hydrogen-bond acceptors (Lipinski definition) is 1. The molecule has 0 aliphatic rings. The third kappa shape index (κ3) is 6.64. The van der Waals surface area contributed by atoms with Crippen molar-refractivity contribution < 1.29 is 31.1 Å². The molecule has 4 aromatic carbocycles. The summed E-state index contributed by atoms with van der Waals surface area (Å²) in [6.45, 7) is 2.19. The number of benzene rings is 4. The molecule has 4 aromatic rings. The number of halogens is 6. The molecule has 194 valence electrons. The second-order valence-corrected chi connectivity index (χ2v) is 9.07. The van der Waals surface area contributed by atoms with Crippen LogP contribution >= 0.6 is 0 Å². The summed E-state index contributed by atoms with van der Waals surface area (Å²) >= 11 is 0. The van der Waals surface area contributed by atoms with Gasteiger partial charge in [-0.3, -0.25) is 0 Å². The van der Waals surface area contributed by atoms with E-state index in [0.29, 0.717) is 17.7 Å². The lowest BCUT2D eigenvalue weighted by Crippen LogP contribution is -2.17. The third-order valence-electron chi connectivity index (χ3n) is 6.30. The van der Waals surface area contributed by atoms with Crippen LogP contribution in [0.1, 0.15) is 44.6 Å². The molecule has 0 saturated heterocycles. The highest BCUT2D eigenvalue weighted by molar-refractivity contribution is 5.88. The van der Waals surface area contributed by atoms with Gasteiger partial charge in [-0.15, -0.1) is 13.2 Å². The summed E-state index contributed by atoms with van der Waals surface area (Å²) in [7, 11) is 0. The Morgan fingerprint density at radius 1 is 0.622 bits per heavy atom. The first-order valence-corrected chi connectivity index (χ1v) is 12.2. The highest BCUT2D eigenvalue weighted by Crippen LogP contribution is 2.35. The van der Waals surface area contributed by atoms with Crippen molar-refractivity contribution in [2.75, 3.05) is 0 Å². The smallest absolute Gasteiger partial charge is 0.403 e. The van der Waals surface area contributed by atoms with Gasteiger partial charge in [-0.2, -0.15) is 0 Å². The maximum atomic E-state index is 15.0. The van der Waals surface area contributed by atoms with E-state index in [-0.39, 0.29) is 11.1 Å². The number of aryl methyl sites for hydroxylation is 1. The Bertz CT molecular complexity index is 1370. The number of rotatable bonds is 9. The highest BCUT2D eigenvalue weighted by Gasteiger charge is 2.32. The van der Waals surface area contributed by atoms with Crippen molar-refractivity contribution in [3.05, 3.63) is 89.7 Å². The number of fused-ring (bicyclic) bond motifs is 1. The van der Waals surface area contributed by atoms with Gasteiger partial charge in [0.25, 0.3) is 0 Å². The van der Waals surface area contributed by atoms with Gasteiger partial charge in [-0.1, -0.05) is 69.0 Å². The summed E-state index contributed by atoms with van der Waals surface area (Å²) < 4.78 is 84.7. The van der Waals surface area contributed by atoms with Gasteiger partial charge < -0.3 is 4.74 Å². The Hall–Kier alpha value is -3.48. The minimum Gasteiger partial charge on any atom is -0.403 e. The molecule has 37 heavy (non-hydrogen) atoms. The topological polar surface area (TPSA) is 9.23 Å². The predicted molar refractivity (Wildman–Crippen MR) is 134 cm³/mol. The Labute approximate surface area is 211 Å². The monoisotopic (exact) mass is 516 g/mol. The quantitative estimate of drug-likeness (QED) is 0.159. The molecule has 0 radical (unpaired) electrons. The lowest BCUT2D eigenvalue weighted by molar-refractivity contribution is -0.275. The predicted octanol–water partition coefficient (Wildman–Crippen LogP) is 10.0. The normalized spacial score (nSPS) is 11.8. The van der Waals surface area contributed by atoms with E-state index in [1.165, 1.54) is 31.2 Å². The summed E-state index contributed by atoms with van der Waals surface area (Å²) in [6, 6.07) is 16.3. The standard InChI is InChI=1S/C30H26F6O/c1-2-3-4-5-6-7-19-8-9-21-15-22(11-10-20(21)14-19)24-17-26(32)29(27(33)18-24)23-12-13-28(25(31)16-23)37-30(34,35)36/h8-18H,2-7H2,1H3. The van der Waals surface area contributed by atoms with Crippen molar-refractivity contribution in [1.82, 2.24) is 0 Å². The van der Waals surface area contributed by atoms with Gasteiger partial charge in [0.1, 0.15) is 11.6 Å². The Morgan fingerprint density at radius 3 is 1.92 bits per heavy atom. The molecule has 0 bridgehead atoms. The molecular weight excluding hydrogens is 490 g/mol. The molecule has 7 heteroatoms. The van der Waals surface area contributed by atoms with E-state index >= 15 is 0 Å². The zero-order valence-electron chi connectivity index (χ0n) is 20.3. The van der Waals surface area contributed by atoms with E-state index in [2.05, 4.69) is 23.8 Å². The molecule has 0 fully saturated rings. The van der Waals surface area contributed by atoms with Crippen LogP contribution in [0.4, 0.5) is 26.3 Å². The molecule has 0 spiro atoms. The maximum Gasteiger partial charge on any atom is 0.573 e. The van der Waals surface area contributed by atoms with Crippen LogP contribution in [0.15, 0.2) is 66.7 Å². The van der Waals surface area contributed by atoms with E-state index in [0.717, 1.165) is 41.8 Å². The molecule has 0 saturated carbocycles. The zero-order valence-corrected chi connectivity index (χ0v) is 20.3. The lowest BCUT2D eigenvalue weighted by Gasteiger charge is -2.13. The van der Waals surface area contributed by atoms with Crippen LogP contribution in [-0.2, 0) is 6.42 Å². The van der Waals surface area contributed by atoms with Gasteiger partial charge in [-0.25, -0.2) is 13.2 Å². The van der Waals surface area contributed by atoms with Crippen LogP contribution in [0.5, 0.6) is 5.75 Å². The molecule has 0 aliphatic carbocycles. The van der Waals surface area contributed by atoms with Gasteiger partial charge in [-0.05, 0) is 76.2 Å². The number of alkyl halides is 3. The first-order chi connectivity index (χ1) is 17.6. The summed E-state index contributed by atoms with van der Waals surface area (Å²) in [5, 5.41) is 1.96. The lowest BCUT2D eigenvalue weighted by atomic mass is 9.96. The van der Waals surface area contributed by atoms with Gasteiger partial charge in [0.2, 0.25) is 0 Å². The molecule has 0 heterocycles. The highest BCUT2D eigenvalue weighted by atomic mass is 19.4. The van der Waals surface area contributed by atoms with Crippen molar-refractivity contribution >= 4 is 10.8 Å². The van der Waals surface area contributed by atoms with Crippen molar-refractivity contribution in [2.24, 2.45) is 0 Å². The minimum absolute atomic E-state index is 0.241. The Kier molecular flexibility index (Phi) is 8.10. The van der Waals surface area contributed by atoms with Crippen molar-refractivity contribution in [3.8, 4) is 28.0 Å². The number of unbranched alkanes of at least 4 members (excludes halogenated alkanes) is 4. The molecule has 0 unspecified atom stereocenters. The summed E-state index contributed by atoms with van der Waals surface area (Å²) in [6.07, 6.45) is 1.96. The van der Waals surface area contributed by atoms with E-state index in [1.54, 1.807) is 6.07 Å². The molecule has 0 amide bonds.